The van der Waals surface area contributed by atoms with Crippen LogP contribution in [0.15, 0.2) is 12.2 Å². The molecule has 0 saturated heterocycles. The predicted octanol–water partition coefficient (Wildman–Crippen LogP) is 0.525. The lowest BCUT2D eigenvalue weighted by atomic mass is 10.1. The summed E-state index contributed by atoms with van der Waals surface area (Å²) < 4.78 is 5.01. The summed E-state index contributed by atoms with van der Waals surface area (Å²) >= 11 is 0. The van der Waals surface area contributed by atoms with Crippen LogP contribution in [0.1, 0.15) is 34.1 Å². The predicted molar refractivity (Wildman–Crippen MR) is 71.3 cm³/mol. The van der Waals surface area contributed by atoms with Gasteiger partial charge in [-0.25, -0.2) is 4.79 Å². The van der Waals surface area contributed by atoms with Gasteiger partial charge >= 0.3 is 5.97 Å². The molecule has 6 nitrogen and oxygen atoms in total. The maximum atomic E-state index is 11.3. The van der Waals surface area contributed by atoms with Crippen molar-refractivity contribution in [2.45, 2.75) is 46.2 Å². The Morgan fingerprint density at radius 3 is 2.05 bits per heavy atom. The normalized spacial score (nSPS) is 13.1. The third-order valence-corrected chi connectivity index (χ3v) is 2.26. The van der Waals surface area contributed by atoms with Gasteiger partial charge in [-0.15, -0.1) is 0 Å². The zero-order valence-electron chi connectivity index (χ0n) is 11.9. The van der Waals surface area contributed by atoms with E-state index in [-0.39, 0.29) is 30.5 Å². The number of esters is 1. The number of hydrogen-bond acceptors (Lipinski definition) is 4. The average molecular weight is 270 g/mol. The molecule has 2 N–H and O–H groups in total. The quantitative estimate of drug-likeness (QED) is 0.522. The number of amides is 2. The Bertz CT molecular complexity index is 366. The summed E-state index contributed by atoms with van der Waals surface area (Å²) in [5.74, 6) is -0.859. The first-order chi connectivity index (χ1) is 8.72. The zero-order chi connectivity index (χ0) is 15.0. The second kappa shape index (κ2) is 8.29. The Balaban J connectivity index is 4.37. The number of carbonyl (C=O) groups excluding carboxylic acids is 3. The first-order valence-corrected chi connectivity index (χ1v) is 6.09. The van der Waals surface area contributed by atoms with E-state index in [1.54, 1.807) is 6.92 Å². The second-order valence-electron chi connectivity index (χ2n) is 4.61. The molecule has 0 heterocycles. The summed E-state index contributed by atoms with van der Waals surface area (Å²) in [6.45, 7) is 9.70. The average Bonchev–Trinajstić information content (AvgIpc) is 2.22. The summed E-state index contributed by atoms with van der Waals surface area (Å²) in [6, 6.07) is -0.472. The highest BCUT2D eigenvalue weighted by atomic mass is 16.5. The number of ether oxygens (including phenoxy) is 1. The smallest absolute Gasteiger partial charge is 0.333 e. The highest BCUT2D eigenvalue weighted by molar-refractivity contribution is 5.87. The van der Waals surface area contributed by atoms with Crippen LogP contribution in [-0.2, 0) is 19.1 Å². The van der Waals surface area contributed by atoms with Crippen molar-refractivity contribution in [1.82, 2.24) is 10.6 Å². The highest BCUT2D eigenvalue weighted by Gasteiger charge is 2.17. The molecule has 0 saturated carbocycles. The Hall–Kier alpha value is -1.85. The molecule has 0 aromatic carbocycles. The van der Waals surface area contributed by atoms with Crippen LogP contribution in [0.25, 0.3) is 0 Å². The van der Waals surface area contributed by atoms with Crippen LogP contribution in [0, 0.1) is 0 Å². The molecule has 0 aliphatic carbocycles. The van der Waals surface area contributed by atoms with Gasteiger partial charge in [0.15, 0.2) is 0 Å². The van der Waals surface area contributed by atoms with Crippen LogP contribution in [0.5, 0.6) is 0 Å². The van der Waals surface area contributed by atoms with Crippen LogP contribution in [0.4, 0.5) is 0 Å². The molecule has 108 valence electrons. The fraction of sp³-hybridized carbons (Fsp3) is 0.615. The Morgan fingerprint density at radius 2 is 1.63 bits per heavy atom. The first-order valence-electron chi connectivity index (χ1n) is 6.09. The monoisotopic (exact) mass is 270 g/mol. The molecule has 2 amide bonds. The van der Waals surface area contributed by atoms with Crippen LogP contribution >= 0.6 is 0 Å². The standard InChI is InChI=1S/C13H22N2O4/c1-8(2)13(18)19-7-12(15-11(5)17)6-9(3)14-10(4)16/h9,12H,1,6-7H2,2-5H3,(H,14,16)(H,15,17). The van der Waals surface area contributed by atoms with Crippen molar-refractivity contribution in [1.29, 1.82) is 0 Å². The van der Waals surface area contributed by atoms with Gasteiger partial charge in [-0.3, -0.25) is 9.59 Å². The molecule has 0 aliphatic rings. The van der Waals surface area contributed by atoms with Gasteiger partial charge in [0, 0.05) is 25.5 Å². The number of nitrogens with one attached hydrogen (secondary N) is 2. The molecular weight excluding hydrogens is 248 g/mol. The van der Waals surface area contributed by atoms with Gasteiger partial charge in [0.05, 0.1) is 6.04 Å². The minimum atomic E-state index is -0.498. The van der Waals surface area contributed by atoms with Crippen molar-refractivity contribution in [2.75, 3.05) is 6.61 Å². The lowest BCUT2D eigenvalue weighted by Gasteiger charge is -2.22. The van der Waals surface area contributed by atoms with E-state index in [0.717, 1.165) is 0 Å². The molecule has 0 fully saturated rings. The Morgan fingerprint density at radius 1 is 1.11 bits per heavy atom. The lowest BCUT2D eigenvalue weighted by molar-refractivity contribution is -0.140. The number of hydrogen-bond donors (Lipinski definition) is 2. The van der Waals surface area contributed by atoms with Crippen LogP contribution in [-0.4, -0.2) is 36.5 Å². The van der Waals surface area contributed by atoms with E-state index in [9.17, 15) is 14.4 Å². The third-order valence-electron chi connectivity index (χ3n) is 2.26. The number of carbonyl (C=O) groups is 3. The van der Waals surface area contributed by atoms with Crippen molar-refractivity contribution in [2.24, 2.45) is 0 Å². The van der Waals surface area contributed by atoms with Crippen LogP contribution in [0.2, 0.25) is 0 Å². The molecule has 0 aromatic rings. The Labute approximate surface area is 113 Å². The SMILES string of the molecule is C=C(C)C(=O)OCC(CC(C)NC(C)=O)NC(C)=O. The minimum absolute atomic E-state index is 0.0508. The topological polar surface area (TPSA) is 84.5 Å². The molecule has 19 heavy (non-hydrogen) atoms. The largest absolute Gasteiger partial charge is 0.460 e. The van der Waals surface area contributed by atoms with Crippen molar-refractivity contribution < 1.29 is 19.1 Å². The van der Waals surface area contributed by atoms with Crippen molar-refractivity contribution in [3.05, 3.63) is 12.2 Å². The van der Waals surface area contributed by atoms with E-state index in [4.69, 9.17) is 4.74 Å². The first kappa shape index (κ1) is 17.2. The van der Waals surface area contributed by atoms with E-state index < -0.39 is 5.97 Å². The molecule has 0 radical (unpaired) electrons. The van der Waals surface area contributed by atoms with Gasteiger partial charge in [0.25, 0.3) is 0 Å². The van der Waals surface area contributed by atoms with Gasteiger partial charge in [-0.2, -0.15) is 0 Å². The van der Waals surface area contributed by atoms with Gasteiger partial charge in [-0.05, 0) is 20.3 Å². The molecule has 0 rings (SSSR count). The molecule has 0 bridgehead atoms. The van der Waals surface area contributed by atoms with Gasteiger partial charge in [0.2, 0.25) is 11.8 Å². The highest BCUT2D eigenvalue weighted by Crippen LogP contribution is 2.02. The summed E-state index contributed by atoms with van der Waals surface area (Å²) in [5.41, 5.74) is 0.302. The lowest BCUT2D eigenvalue weighted by Crippen LogP contribution is -2.43. The second-order valence-corrected chi connectivity index (χ2v) is 4.61. The molecule has 6 heteroatoms. The molecule has 2 atom stereocenters. The van der Waals surface area contributed by atoms with Crippen LogP contribution in [0.3, 0.4) is 0 Å². The van der Waals surface area contributed by atoms with Crippen molar-refractivity contribution >= 4 is 17.8 Å². The third kappa shape index (κ3) is 8.82. The summed E-state index contributed by atoms with van der Waals surface area (Å²) in [5, 5.41) is 5.39. The van der Waals surface area contributed by atoms with Crippen molar-refractivity contribution in [3.63, 3.8) is 0 Å². The molecular formula is C13H22N2O4. The fourth-order valence-electron chi connectivity index (χ4n) is 1.59. The molecule has 0 spiro atoms. The molecule has 0 aromatic heterocycles. The molecule has 0 aliphatic heterocycles. The number of rotatable bonds is 7. The summed E-state index contributed by atoms with van der Waals surface area (Å²) in [4.78, 5) is 33.3. The van der Waals surface area contributed by atoms with Gasteiger partial charge in [0.1, 0.15) is 6.61 Å². The minimum Gasteiger partial charge on any atom is -0.460 e. The van der Waals surface area contributed by atoms with E-state index in [1.807, 2.05) is 6.92 Å². The van der Waals surface area contributed by atoms with E-state index >= 15 is 0 Å². The zero-order valence-corrected chi connectivity index (χ0v) is 11.9. The van der Waals surface area contributed by atoms with Gasteiger partial charge in [-0.1, -0.05) is 6.58 Å². The Kier molecular flexibility index (Phi) is 7.48. The molecule has 2 unspecified atom stereocenters. The van der Waals surface area contributed by atoms with E-state index in [0.29, 0.717) is 12.0 Å². The fourth-order valence-corrected chi connectivity index (χ4v) is 1.59. The van der Waals surface area contributed by atoms with Gasteiger partial charge < -0.3 is 15.4 Å². The summed E-state index contributed by atoms with van der Waals surface area (Å²) in [6.07, 6.45) is 0.475. The van der Waals surface area contributed by atoms with E-state index in [1.165, 1.54) is 13.8 Å². The van der Waals surface area contributed by atoms with E-state index in [2.05, 4.69) is 17.2 Å². The summed E-state index contributed by atoms with van der Waals surface area (Å²) in [7, 11) is 0. The maximum absolute atomic E-state index is 11.3. The van der Waals surface area contributed by atoms with Crippen molar-refractivity contribution in [3.8, 4) is 0 Å². The van der Waals surface area contributed by atoms with Crippen LogP contribution < -0.4 is 10.6 Å². The maximum Gasteiger partial charge on any atom is 0.333 e.